The van der Waals surface area contributed by atoms with Crippen molar-refractivity contribution in [3.05, 3.63) is 0 Å². The van der Waals surface area contributed by atoms with Gasteiger partial charge in [-0.3, -0.25) is 4.90 Å². The van der Waals surface area contributed by atoms with E-state index >= 15 is 0 Å². The summed E-state index contributed by atoms with van der Waals surface area (Å²) in [5.74, 6) is 1.90. The zero-order valence-electron chi connectivity index (χ0n) is 13.6. The molecule has 0 aromatic heterocycles. The molecule has 3 saturated carbocycles. The van der Waals surface area contributed by atoms with Gasteiger partial charge in [0.1, 0.15) is 0 Å². The summed E-state index contributed by atoms with van der Waals surface area (Å²) in [6.45, 7) is 11.7. The van der Waals surface area contributed by atoms with Crippen molar-refractivity contribution < 1.29 is 0 Å². The zero-order valence-corrected chi connectivity index (χ0v) is 13.6. The second kappa shape index (κ2) is 4.46. The summed E-state index contributed by atoms with van der Waals surface area (Å²) in [7, 11) is 0. The molecule has 2 bridgehead atoms. The van der Waals surface area contributed by atoms with Gasteiger partial charge in [-0.1, -0.05) is 20.8 Å². The second-order valence-electron chi connectivity index (χ2n) is 9.15. The summed E-state index contributed by atoms with van der Waals surface area (Å²) in [6.07, 6.45) is 8.73. The topological polar surface area (TPSA) is 15.3 Å². The van der Waals surface area contributed by atoms with Gasteiger partial charge in [0.15, 0.2) is 0 Å². The molecule has 4 atom stereocenters. The fourth-order valence-electron chi connectivity index (χ4n) is 6.07. The monoisotopic (exact) mass is 276 g/mol. The molecule has 1 N–H and O–H groups in total. The third-order valence-electron chi connectivity index (χ3n) is 7.15. The maximum atomic E-state index is 3.75. The van der Waals surface area contributed by atoms with E-state index in [1.807, 2.05) is 0 Å². The van der Waals surface area contributed by atoms with Crippen LogP contribution >= 0.6 is 0 Å². The molecule has 4 fully saturated rings. The fraction of sp³-hybridized carbons (Fsp3) is 1.00. The van der Waals surface area contributed by atoms with Crippen molar-refractivity contribution in [1.82, 2.24) is 10.2 Å². The lowest BCUT2D eigenvalue weighted by atomic mass is 9.68. The SMILES string of the molecule is CC12CCC(C1)C(C)(C)C2N1CCC(CNC2CC2)C1. The van der Waals surface area contributed by atoms with E-state index < -0.39 is 0 Å². The average Bonchev–Trinajstić information content (AvgIpc) is 2.89. The summed E-state index contributed by atoms with van der Waals surface area (Å²) in [5.41, 5.74) is 1.17. The van der Waals surface area contributed by atoms with E-state index in [9.17, 15) is 0 Å². The Kier molecular flexibility index (Phi) is 3.03. The van der Waals surface area contributed by atoms with Gasteiger partial charge >= 0.3 is 0 Å². The van der Waals surface area contributed by atoms with Crippen LogP contribution in [0.1, 0.15) is 59.3 Å². The molecule has 0 aromatic rings. The number of nitrogens with one attached hydrogen (secondary N) is 1. The third kappa shape index (κ3) is 2.06. The summed E-state index contributed by atoms with van der Waals surface area (Å²) in [5, 5.41) is 3.75. The van der Waals surface area contributed by atoms with Crippen LogP contribution in [0.5, 0.6) is 0 Å². The molecule has 0 amide bonds. The van der Waals surface area contributed by atoms with Gasteiger partial charge in [-0.15, -0.1) is 0 Å². The molecule has 1 heterocycles. The van der Waals surface area contributed by atoms with Gasteiger partial charge in [0, 0.05) is 18.6 Å². The lowest BCUT2D eigenvalue weighted by Crippen LogP contribution is -2.51. The minimum Gasteiger partial charge on any atom is -0.314 e. The molecule has 0 spiro atoms. The normalized spacial score (nSPS) is 47.2. The standard InChI is InChI=1S/C18H32N2/c1-17(2)14-6-8-18(3,10-14)16(17)20-9-7-13(12-20)11-19-15-4-5-15/h13-16,19H,4-12H2,1-3H3. The smallest absolute Gasteiger partial charge is 0.0203 e. The van der Waals surface area contributed by atoms with Gasteiger partial charge in [-0.05, 0) is 74.3 Å². The Hall–Kier alpha value is -0.0800. The number of hydrogen-bond acceptors (Lipinski definition) is 2. The maximum absolute atomic E-state index is 3.75. The van der Waals surface area contributed by atoms with Crippen molar-refractivity contribution in [2.24, 2.45) is 22.7 Å². The highest BCUT2D eigenvalue weighted by Gasteiger charge is 2.61. The minimum absolute atomic E-state index is 0.547. The van der Waals surface area contributed by atoms with Crippen LogP contribution in [-0.2, 0) is 0 Å². The number of hydrogen-bond donors (Lipinski definition) is 1. The van der Waals surface area contributed by atoms with Gasteiger partial charge < -0.3 is 5.32 Å². The van der Waals surface area contributed by atoms with Crippen molar-refractivity contribution in [1.29, 1.82) is 0 Å². The lowest BCUT2D eigenvalue weighted by Gasteiger charge is -2.48. The lowest BCUT2D eigenvalue weighted by molar-refractivity contribution is 0.0159. The van der Waals surface area contributed by atoms with E-state index in [-0.39, 0.29) is 0 Å². The molecule has 1 aliphatic heterocycles. The van der Waals surface area contributed by atoms with Crippen molar-refractivity contribution >= 4 is 0 Å². The van der Waals surface area contributed by atoms with Crippen LogP contribution in [0, 0.1) is 22.7 Å². The first-order valence-corrected chi connectivity index (χ1v) is 8.96. The van der Waals surface area contributed by atoms with Crippen molar-refractivity contribution in [3.63, 3.8) is 0 Å². The van der Waals surface area contributed by atoms with Gasteiger partial charge in [0.2, 0.25) is 0 Å². The van der Waals surface area contributed by atoms with Crippen LogP contribution in [0.2, 0.25) is 0 Å². The Bertz CT molecular complexity index is 382. The highest BCUT2D eigenvalue weighted by molar-refractivity contribution is 5.13. The van der Waals surface area contributed by atoms with Crippen molar-refractivity contribution in [2.45, 2.75) is 71.4 Å². The number of fused-ring (bicyclic) bond motifs is 2. The average molecular weight is 276 g/mol. The Morgan fingerprint density at radius 2 is 1.90 bits per heavy atom. The number of likely N-dealkylation sites (tertiary alicyclic amines) is 1. The molecule has 4 aliphatic rings. The van der Waals surface area contributed by atoms with Crippen LogP contribution < -0.4 is 5.32 Å². The van der Waals surface area contributed by atoms with Crippen molar-refractivity contribution in [3.8, 4) is 0 Å². The molecule has 2 nitrogen and oxygen atoms in total. The zero-order chi connectivity index (χ0) is 14.0. The molecular weight excluding hydrogens is 244 g/mol. The van der Waals surface area contributed by atoms with Crippen LogP contribution in [0.25, 0.3) is 0 Å². The Labute approximate surface area is 124 Å². The summed E-state index contributed by atoms with van der Waals surface area (Å²) in [4.78, 5) is 2.89. The largest absolute Gasteiger partial charge is 0.314 e. The molecule has 2 heteroatoms. The number of rotatable bonds is 4. The molecule has 114 valence electrons. The quantitative estimate of drug-likeness (QED) is 0.848. The molecule has 1 saturated heterocycles. The predicted molar refractivity (Wildman–Crippen MR) is 83.7 cm³/mol. The van der Waals surface area contributed by atoms with Crippen LogP contribution in [0.15, 0.2) is 0 Å². The van der Waals surface area contributed by atoms with E-state index in [2.05, 4.69) is 31.0 Å². The molecule has 3 aliphatic carbocycles. The summed E-state index contributed by atoms with van der Waals surface area (Å²) < 4.78 is 0. The second-order valence-corrected chi connectivity index (χ2v) is 9.15. The Morgan fingerprint density at radius 3 is 2.55 bits per heavy atom. The Morgan fingerprint density at radius 1 is 1.10 bits per heavy atom. The molecule has 0 radical (unpaired) electrons. The predicted octanol–water partition coefficient (Wildman–Crippen LogP) is 3.28. The first-order chi connectivity index (χ1) is 9.49. The van der Waals surface area contributed by atoms with E-state index in [4.69, 9.17) is 0 Å². The van der Waals surface area contributed by atoms with Crippen molar-refractivity contribution in [2.75, 3.05) is 19.6 Å². The van der Waals surface area contributed by atoms with Gasteiger partial charge in [0.25, 0.3) is 0 Å². The van der Waals surface area contributed by atoms with E-state index in [1.165, 1.54) is 58.2 Å². The van der Waals surface area contributed by atoms with Crippen LogP contribution in [-0.4, -0.2) is 36.6 Å². The van der Waals surface area contributed by atoms with E-state index in [0.29, 0.717) is 10.8 Å². The first-order valence-electron chi connectivity index (χ1n) is 8.96. The highest BCUT2D eigenvalue weighted by Crippen LogP contribution is 2.64. The van der Waals surface area contributed by atoms with Gasteiger partial charge in [0.05, 0.1) is 0 Å². The van der Waals surface area contributed by atoms with E-state index in [0.717, 1.165) is 23.9 Å². The van der Waals surface area contributed by atoms with E-state index in [1.54, 1.807) is 0 Å². The highest BCUT2D eigenvalue weighted by atomic mass is 15.2. The van der Waals surface area contributed by atoms with Gasteiger partial charge in [-0.25, -0.2) is 0 Å². The van der Waals surface area contributed by atoms with Crippen LogP contribution in [0.4, 0.5) is 0 Å². The molecule has 0 aromatic carbocycles. The fourth-order valence-corrected chi connectivity index (χ4v) is 6.07. The maximum Gasteiger partial charge on any atom is 0.0203 e. The summed E-state index contributed by atoms with van der Waals surface area (Å²) >= 11 is 0. The van der Waals surface area contributed by atoms with Crippen LogP contribution in [0.3, 0.4) is 0 Å². The third-order valence-corrected chi connectivity index (χ3v) is 7.15. The van der Waals surface area contributed by atoms with Gasteiger partial charge in [-0.2, -0.15) is 0 Å². The Balaban J connectivity index is 1.42. The first kappa shape index (κ1) is 13.6. The molecule has 4 unspecified atom stereocenters. The minimum atomic E-state index is 0.547. The molecule has 4 rings (SSSR count). The number of nitrogens with zero attached hydrogens (tertiary/aromatic N) is 1. The molecule has 20 heavy (non-hydrogen) atoms. The molecular formula is C18H32N2. The summed E-state index contributed by atoms with van der Waals surface area (Å²) in [6, 6.07) is 1.72.